The number of benzene rings is 2. The van der Waals surface area contributed by atoms with E-state index >= 15 is 0 Å². The molecule has 0 aliphatic heterocycles. The van der Waals surface area contributed by atoms with Gasteiger partial charge in [0.25, 0.3) is 0 Å². The van der Waals surface area contributed by atoms with Gasteiger partial charge in [-0.3, -0.25) is 4.79 Å². The molecule has 0 aliphatic carbocycles. The van der Waals surface area contributed by atoms with E-state index in [4.69, 9.17) is 40.5 Å². The van der Waals surface area contributed by atoms with Crippen molar-refractivity contribution in [2.24, 2.45) is 5.73 Å². The van der Waals surface area contributed by atoms with Crippen molar-refractivity contribution in [3.63, 3.8) is 0 Å². The minimum atomic E-state index is -3.94. The third-order valence-electron chi connectivity index (χ3n) is 3.13. The largest absolute Gasteiger partial charge is 0.369 e. The summed E-state index contributed by atoms with van der Waals surface area (Å²) in [6.07, 6.45) is 0. The number of carbonyl (C=O) groups is 1. The highest BCUT2D eigenvalue weighted by molar-refractivity contribution is 7.89. The number of carbonyl (C=O) groups excluding carboxylic acids is 1. The fraction of sp³-hybridized carbons (Fsp3) is 0.133. The molecular formula is C15H13Cl3N2O3S. The average Bonchev–Trinajstić information content (AvgIpc) is 2.50. The van der Waals surface area contributed by atoms with Gasteiger partial charge in [-0.05, 0) is 42.0 Å². The third kappa shape index (κ3) is 4.62. The lowest BCUT2D eigenvalue weighted by Crippen LogP contribution is -2.38. The van der Waals surface area contributed by atoms with Crippen LogP contribution in [0, 0.1) is 0 Å². The van der Waals surface area contributed by atoms with Gasteiger partial charge in [0, 0.05) is 11.6 Å². The average molecular weight is 408 g/mol. The second kappa shape index (κ2) is 7.72. The summed E-state index contributed by atoms with van der Waals surface area (Å²) >= 11 is 17.6. The summed E-state index contributed by atoms with van der Waals surface area (Å²) in [5.74, 6) is -0.771. The van der Waals surface area contributed by atoms with Crippen LogP contribution in [0.3, 0.4) is 0 Å². The molecule has 0 unspecified atom stereocenters. The Labute approximate surface area is 155 Å². The first-order valence-corrected chi connectivity index (χ1v) is 9.25. The molecule has 2 rings (SSSR count). The molecule has 0 atom stereocenters. The molecule has 5 nitrogen and oxygen atoms in total. The minimum absolute atomic E-state index is 0.00760. The molecule has 2 N–H and O–H groups in total. The number of hydrogen-bond donors (Lipinski definition) is 1. The summed E-state index contributed by atoms with van der Waals surface area (Å²) < 4.78 is 26.5. The van der Waals surface area contributed by atoms with Crippen molar-refractivity contribution in [3.8, 4) is 0 Å². The van der Waals surface area contributed by atoms with Crippen molar-refractivity contribution in [3.05, 3.63) is 63.1 Å². The van der Waals surface area contributed by atoms with E-state index in [9.17, 15) is 13.2 Å². The van der Waals surface area contributed by atoms with Gasteiger partial charge < -0.3 is 5.73 Å². The zero-order valence-electron chi connectivity index (χ0n) is 12.2. The van der Waals surface area contributed by atoms with E-state index in [0.29, 0.717) is 15.6 Å². The highest BCUT2D eigenvalue weighted by atomic mass is 35.5. The van der Waals surface area contributed by atoms with Gasteiger partial charge in [-0.1, -0.05) is 40.9 Å². The predicted octanol–water partition coefficient (Wildman–Crippen LogP) is 3.32. The van der Waals surface area contributed by atoms with Crippen molar-refractivity contribution >= 4 is 50.7 Å². The second-order valence-corrected chi connectivity index (χ2v) is 8.13. The lowest BCUT2D eigenvalue weighted by Gasteiger charge is -2.21. The summed E-state index contributed by atoms with van der Waals surface area (Å²) in [7, 11) is -3.94. The van der Waals surface area contributed by atoms with Crippen molar-refractivity contribution in [2.45, 2.75) is 11.4 Å². The number of nitrogens with zero attached hydrogens (tertiary/aromatic N) is 1. The molecule has 0 spiro atoms. The molecule has 2 aromatic rings. The van der Waals surface area contributed by atoms with Crippen LogP contribution in [-0.2, 0) is 21.4 Å². The molecule has 24 heavy (non-hydrogen) atoms. The van der Waals surface area contributed by atoms with E-state index in [1.54, 1.807) is 12.1 Å². The van der Waals surface area contributed by atoms with Gasteiger partial charge in [0.2, 0.25) is 15.9 Å². The Morgan fingerprint density at radius 3 is 2.17 bits per heavy atom. The van der Waals surface area contributed by atoms with E-state index in [0.717, 1.165) is 4.31 Å². The molecule has 0 fully saturated rings. The SMILES string of the molecule is NC(=O)CN(Cc1ccc(Cl)c(Cl)c1)S(=O)(=O)c1ccc(Cl)cc1. The van der Waals surface area contributed by atoms with Crippen molar-refractivity contribution in [1.29, 1.82) is 0 Å². The Balaban J connectivity index is 2.38. The summed E-state index contributed by atoms with van der Waals surface area (Å²) in [5, 5.41) is 1.04. The first kappa shape index (κ1) is 19.0. The van der Waals surface area contributed by atoms with Crippen molar-refractivity contribution < 1.29 is 13.2 Å². The maximum Gasteiger partial charge on any atom is 0.243 e. The molecule has 128 valence electrons. The van der Waals surface area contributed by atoms with E-state index in [1.165, 1.54) is 30.3 Å². The van der Waals surface area contributed by atoms with E-state index in [1.807, 2.05) is 0 Å². The van der Waals surface area contributed by atoms with E-state index in [2.05, 4.69) is 0 Å². The number of rotatable bonds is 6. The summed E-state index contributed by atoms with van der Waals surface area (Å²) in [5.41, 5.74) is 5.76. The fourth-order valence-electron chi connectivity index (χ4n) is 2.00. The summed E-state index contributed by atoms with van der Waals surface area (Å²) in [6.45, 7) is -0.546. The van der Waals surface area contributed by atoms with Crippen LogP contribution in [0.25, 0.3) is 0 Å². The standard InChI is InChI=1S/C15H13Cl3N2O3S/c16-11-2-4-12(5-3-11)24(22,23)20(9-15(19)21)8-10-1-6-13(17)14(18)7-10/h1-7H,8-9H2,(H2,19,21). The molecule has 0 aliphatic rings. The number of amides is 1. The molecule has 0 saturated heterocycles. The highest BCUT2D eigenvalue weighted by Crippen LogP contribution is 2.25. The molecule has 9 heteroatoms. The molecule has 1 amide bonds. The van der Waals surface area contributed by atoms with Gasteiger partial charge in [-0.15, -0.1) is 0 Å². The van der Waals surface area contributed by atoms with E-state index < -0.39 is 22.5 Å². The molecular weight excluding hydrogens is 395 g/mol. The lowest BCUT2D eigenvalue weighted by molar-refractivity contribution is -0.118. The maximum atomic E-state index is 12.8. The lowest BCUT2D eigenvalue weighted by atomic mass is 10.2. The summed E-state index contributed by atoms with van der Waals surface area (Å²) in [6, 6.07) is 10.3. The Morgan fingerprint density at radius 2 is 1.62 bits per heavy atom. The predicted molar refractivity (Wildman–Crippen MR) is 94.7 cm³/mol. The van der Waals surface area contributed by atoms with Crippen LogP contribution >= 0.6 is 34.8 Å². The van der Waals surface area contributed by atoms with Gasteiger partial charge in [0.05, 0.1) is 21.5 Å². The molecule has 0 radical (unpaired) electrons. The number of hydrogen-bond acceptors (Lipinski definition) is 3. The molecule has 0 heterocycles. The van der Waals surface area contributed by atoms with Gasteiger partial charge >= 0.3 is 0 Å². The Morgan fingerprint density at radius 1 is 1.00 bits per heavy atom. The first-order valence-electron chi connectivity index (χ1n) is 6.68. The first-order chi connectivity index (χ1) is 11.2. The van der Waals surface area contributed by atoms with Crippen LogP contribution in [-0.4, -0.2) is 25.2 Å². The topological polar surface area (TPSA) is 80.5 Å². The molecule has 0 aromatic heterocycles. The van der Waals surface area contributed by atoms with Crippen molar-refractivity contribution in [1.82, 2.24) is 4.31 Å². The Bertz CT molecular complexity index is 855. The smallest absolute Gasteiger partial charge is 0.243 e. The van der Waals surface area contributed by atoms with Gasteiger partial charge in [0.15, 0.2) is 0 Å². The summed E-state index contributed by atoms with van der Waals surface area (Å²) in [4.78, 5) is 11.3. The Kier molecular flexibility index (Phi) is 6.11. The molecule has 0 bridgehead atoms. The zero-order chi connectivity index (χ0) is 17.9. The zero-order valence-corrected chi connectivity index (χ0v) is 15.3. The molecule has 0 saturated carbocycles. The minimum Gasteiger partial charge on any atom is -0.369 e. The highest BCUT2D eigenvalue weighted by Gasteiger charge is 2.26. The van der Waals surface area contributed by atoms with Crippen LogP contribution in [0.5, 0.6) is 0 Å². The van der Waals surface area contributed by atoms with Crippen LogP contribution in [0.1, 0.15) is 5.56 Å². The third-order valence-corrected chi connectivity index (χ3v) is 5.92. The maximum absolute atomic E-state index is 12.8. The normalized spacial score (nSPS) is 11.7. The van der Waals surface area contributed by atoms with Gasteiger partial charge in [-0.2, -0.15) is 4.31 Å². The van der Waals surface area contributed by atoms with Gasteiger partial charge in [0.1, 0.15) is 0 Å². The Hall–Kier alpha value is -1.31. The fourth-order valence-corrected chi connectivity index (χ4v) is 3.84. The van der Waals surface area contributed by atoms with Crippen LogP contribution in [0.2, 0.25) is 15.1 Å². The van der Waals surface area contributed by atoms with Gasteiger partial charge in [-0.25, -0.2) is 8.42 Å². The van der Waals surface area contributed by atoms with Crippen molar-refractivity contribution in [2.75, 3.05) is 6.54 Å². The number of nitrogens with two attached hydrogens (primary N) is 1. The monoisotopic (exact) mass is 406 g/mol. The van der Waals surface area contributed by atoms with Crippen LogP contribution < -0.4 is 5.73 Å². The quantitative estimate of drug-likeness (QED) is 0.797. The molecule has 2 aromatic carbocycles. The number of halogens is 3. The van der Waals surface area contributed by atoms with Crippen LogP contribution in [0.4, 0.5) is 0 Å². The number of sulfonamides is 1. The number of primary amides is 1. The van der Waals surface area contributed by atoms with E-state index in [-0.39, 0.29) is 16.5 Å². The second-order valence-electron chi connectivity index (χ2n) is 4.94. The van der Waals surface area contributed by atoms with Crippen LogP contribution in [0.15, 0.2) is 47.4 Å².